The van der Waals surface area contributed by atoms with Crippen LogP contribution in [-0.2, 0) is 10.3 Å². The van der Waals surface area contributed by atoms with E-state index >= 15 is 0 Å². The highest BCUT2D eigenvalue weighted by Crippen LogP contribution is 2.37. The zero-order chi connectivity index (χ0) is 20.7. The number of imidazole rings is 1. The minimum Gasteiger partial charge on any atom is -0.417 e. The van der Waals surface area contributed by atoms with Crippen LogP contribution in [0.5, 0.6) is 0 Å². The molecule has 4 nitrogen and oxygen atoms in total. The van der Waals surface area contributed by atoms with E-state index < -0.39 is 8.32 Å². The molecule has 0 radical (unpaired) electrons. The van der Waals surface area contributed by atoms with Crippen molar-refractivity contribution >= 4 is 57.8 Å². The summed E-state index contributed by atoms with van der Waals surface area (Å²) in [6.07, 6.45) is 2.76. The zero-order valence-corrected chi connectivity index (χ0v) is 20.9. The van der Waals surface area contributed by atoms with E-state index in [1.165, 1.54) is 0 Å². The Hall–Kier alpha value is -0.953. The van der Waals surface area contributed by atoms with Gasteiger partial charge in [-0.3, -0.25) is 4.98 Å². The van der Waals surface area contributed by atoms with Crippen molar-refractivity contribution in [2.24, 2.45) is 0 Å². The summed E-state index contributed by atoms with van der Waals surface area (Å²) < 4.78 is 9.70. The molecular weight excluding hydrogens is 454 g/mol. The lowest BCUT2D eigenvalue weighted by molar-refractivity contribution is 0.260. The van der Waals surface area contributed by atoms with E-state index in [1.54, 1.807) is 0 Å². The Labute approximate surface area is 181 Å². The van der Waals surface area contributed by atoms with Gasteiger partial charge < -0.3 is 8.99 Å². The second-order valence-electron chi connectivity index (χ2n) is 8.93. The molecule has 7 heteroatoms. The summed E-state index contributed by atoms with van der Waals surface area (Å²) >= 11 is 9.79. The van der Waals surface area contributed by atoms with Crippen molar-refractivity contribution in [3.63, 3.8) is 0 Å². The second kappa shape index (κ2) is 8.05. The highest BCUT2D eigenvalue weighted by molar-refractivity contribution is 9.10. The first kappa shape index (κ1) is 21.7. The molecule has 0 aliphatic rings. The molecule has 0 saturated heterocycles. The first-order valence-electron chi connectivity index (χ1n) is 9.70. The summed E-state index contributed by atoms with van der Waals surface area (Å²) in [4.78, 5) is 9.32. The van der Waals surface area contributed by atoms with Gasteiger partial charge in [-0.1, -0.05) is 36.7 Å². The maximum atomic E-state index is 6.41. The molecule has 0 spiro atoms. The first-order chi connectivity index (χ1) is 13.0. The number of fused-ring (bicyclic) bond motifs is 3. The van der Waals surface area contributed by atoms with E-state index in [-0.39, 0.29) is 11.1 Å². The molecule has 1 atom stereocenters. The summed E-state index contributed by atoms with van der Waals surface area (Å²) in [5.74, 6) is 1.26. The largest absolute Gasteiger partial charge is 0.417 e. The van der Waals surface area contributed by atoms with Crippen molar-refractivity contribution < 1.29 is 4.43 Å². The summed E-state index contributed by atoms with van der Waals surface area (Å²) in [5.41, 5.74) is 2.95. The quantitative estimate of drug-likeness (QED) is 0.279. The molecule has 0 aliphatic carbocycles. The Morgan fingerprint density at radius 1 is 1.25 bits per heavy atom. The van der Waals surface area contributed by atoms with Gasteiger partial charge in [-0.25, -0.2) is 4.98 Å². The van der Waals surface area contributed by atoms with Crippen LogP contribution in [0, 0.1) is 0 Å². The molecule has 152 valence electrons. The van der Waals surface area contributed by atoms with Gasteiger partial charge in [0, 0.05) is 22.5 Å². The average molecular weight is 483 g/mol. The molecule has 0 aliphatic heterocycles. The van der Waals surface area contributed by atoms with Crippen LogP contribution in [0.15, 0.2) is 28.9 Å². The number of nitrogens with zero attached hydrogens (tertiary/aromatic N) is 3. The van der Waals surface area contributed by atoms with E-state index in [0.29, 0.717) is 5.88 Å². The van der Waals surface area contributed by atoms with E-state index in [2.05, 4.69) is 72.3 Å². The molecule has 3 aromatic rings. The topological polar surface area (TPSA) is 39.9 Å². The van der Waals surface area contributed by atoms with E-state index in [1.807, 2.05) is 18.3 Å². The summed E-state index contributed by atoms with van der Waals surface area (Å²) in [5, 5.41) is 1.32. The number of benzene rings is 1. The van der Waals surface area contributed by atoms with Crippen molar-refractivity contribution in [1.82, 2.24) is 14.5 Å². The Morgan fingerprint density at radius 3 is 2.61 bits per heavy atom. The van der Waals surface area contributed by atoms with E-state index in [9.17, 15) is 0 Å². The Balaban J connectivity index is 1.95. The predicted molar refractivity (Wildman–Crippen MR) is 125 cm³/mol. The lowest BCUT2D eigenvalue weighted by Gasteiger charge is -2.36. The lowest BCUT2D eigenvalue weighted by Crippen LogP contribution is -2.41. The molecule has 0 amide bonds. The van der Waals surface area contributed by atoms with Gasteiger partial charge in [-0.2, -0.15) is 0 Å². The second-order valence-corrected chi connectivity index (χ2v) is 14.9. The standard InChI is InChI=1S/C21H29BrClN3OSi/c1-14(9-10-27-28(5,6)21(2,3)4)26-19(12-23)25-18-13-24-17-11-15(22)7-8-16(17)20(18)26/h7-8,11,13-14H,9-10,12H2,1-6H3. The zero-order valence-electron chi connectivity index (χ0n) is 17.5. The molecule has 1 aromatic carbocycles. The molecule has 2 heterocycles. The molecule has 3 rings (SSSR count). The van der Waals surface area contributed by atoms with Crippen LogP contribution >= 0.6 is 27.5 Å². The molecular formula is C21H29BrClN3OSi. The number of pyridine rings is 1. The van der Waals surface area contributed by atoms with Crippen LogP contribution in [0.1, 0.15) is 46.0 Å². The van der Waals surface area contributed by atoms with Gasteiger partial charge in [-0.15, -0.1) is 11.6 Å². The van der Waals surface area contributed by atoms with Crippen LogP contribution in [0.3, 0.4) is 0 Å². The van der Waals surface area contributed by atoms with Gasteiger partial charge >= 0.3 is 0 Å². The molecule has 0 saturated carbocycles. The number of hydrogen-bond donors (Lipinski definition) is 0. The Bertz CT molecular complexity index is 997. The van der Waals surface area contributed by atoms with Gasteiger partial charge in [0.15, 0.2) is 8.32 Å². The number of aromatic nitrogens is 3. The molecule has 1 unspecified atom stereocenters. The van der Waals surface area contributed by atoms with Crippen LogP contribution in [0.4, 0.5) is 0 Å². The van der Waals surface area contributed by atoms with Crippen LogP contribution in [0.2, 0.25) is 18.1 Å². The number of hydrogen-bond acceptors (Lipinski definition) is 3. The van der Waals surface area contributed by atoms with Gasteiger partial charge in [0.05, 0.1) is 23.1 Å². The SMILES string of the molecule is CC(CCO[Si](C)(C)C(C)(C)C)n1c(CCl)nc2cnc3cc(Br)ccc3c21. The Kier molecular flexibility index (Phi) is 6.25. The predicted octanol–water partition coefficient (Wildman–Crippen LogP) is 7.06. The normalized spacial score (nSPS) is 14.1. The Morgan fingerprint density at radius 2 is 1.96 bits per heavy atom. The number of halogens is 2. The van der Waals surface area contributed by atoms with Crippen LogP contribution in [0.25, 0.3) is 21.9 Å². The minimum absolute atomic E-state index is 0.217. The molecule has 0 bridgehead atoms. The molecule has 0 fully saturated rings. The third kappa shape index (κ3) is 4.15. The van der Waals surface area contributed by atoms with Crippen molar-refractivity contribution in [1.29, 1.82) is 0 Å². The van der Waals surface area contributed by atoms with Crippen molar-refractivity contribution in [2.45, 2.75) is 64.2 Å². The third-order valence-electron chi connectivity index (χ3n) is 5.92. The fourth-order valence-corrected chi connectivity index (χ4v) is 4.80. The lowest BCUT2D eigenvalue weighted by atomic mass is 10.1. The van der Waals surface area contributed by atoms with Gasteiger partial charge in [0.2, 0.25) is 0 Å². The highest BCUT2D eigenvalue weighted by Gasteiger charge is 2.37. The van der Waals surface area contributed by atoms with Crippen molar-refractivity contribution in [3.05, 3.63) is 34.7 Å². The van der Waals surface area contributed by atoms with E-state index in [0.717, 1.165) is 45.3 Å². The van der Waals surface area contributed by atoms with Gasteiger partial charge in [0.1, 0.15) is 11.3 Å². The third-order valence-corrected chi connectivity index (χ3v) is 11.2. The number of alkyl halides is 1. The first-order valence-corrected chi connectivity index (χ1v) is 13.9. The van der Waals surface area contributed by atoms with E-state index in [4.69, 9.17) is 21.0 Å². The smallest absolute Gasteiger partial charge is 0.191 e. The minimum atomic E-state index is -1.75. The van der Waals surface area contributed by atoms with Gasteiger partial charge in [-0.05, 0) is 49.7 Å². The summed E-state index contributed by atoms with van der Waals surface area (Å²) in [6.45, 7) is 14.4. The fourth-order valence-electron chi connectivity index (χ4n) is 3.20. The van der Waals surface area contributed by atoms with Crippen molar-refractivity contribution in [2.75, 3.05) is 6.61 Å². The van der Waals surface area contributed by atoms with Crippen LogP contribution in [-0.4, -0.2) is 29.5 Å². The fraction of sp³-hybridized carbons (Fsp3) is 0.524. The highest BCUT2D eigenvalue weighted by atomic mass is 79.9. The van der Waals surface area contributed by atoms with Crippen LogP contribution < -0.4 is 0 Å². The summed E-state index contributed by atoms with van der Waals surface area (Å²) in [6, 6.07) is 6.42. The molecule has 0 N–H and O–H groups in total. The maximum Gasteiger partial charge on any atom is 0.191 e. The maximum absolute atomic E-state index is 6.41. The molecule has 2 aromatic heterocycles. The molecule has 28 heavy (non-hydrogen) atoms. The average Bonchev–Trinajstić information content (AvgIpc) is 2.99. The van der Waals surface area contributed by atoms with Gasteiger partial charge in [0.25, 0.3) is 0 Å². The number of rotatable bonds is 6. The monoisotopic (exact) mass is 481 g/mol. The summed E-state index contributed by atoms with van der Waals surface area (Å²) in [7, 11) is -1.75. The van der Waals surface area contributed by atoms with Crippen molar-refractivity contribution in [3.8, 4) is 0 Å².